The molecule has 5 atom stereocenters. The molecule has 0 aliphatic carbocycles. The molecule has 4 N–H and O–H groups in total. The average molecular weight is 558 g/mol. The molecule has 2 aliphatic heterocycles. The lowest BCUT2D eigenvalue weighted by molar-refractivity contribution is -0.148. The number of hydrogen-bond donors (Lipinski definition) is 4. The highest BCUT2D eigenvalue weighted by Crippen LogP contribution is 2.59. The number of halogens is 1. The fourth-order valence-corrected chi connectivity index (χ4v) is 8.40. The largest absolute Gasteiger partial charge is 0.395 e. The summed E-state index contributed by atoms with van der Waals surface area (Å²) in [6.45, 7) is 6.38. The topological polar surface area (TPSA) is 128 Å². The lowest BCUT2D eigenvalue weighted by Crippen LogP contribution is -2.42. The van der Waals surface area contributed by atoms with Gasteiger partial charge < -0.3 is 34.6 Å². The van der Waals surface area contributed by atoms with Crippen molar-refractivity contribution in [3.05, 3.63) is 59.7 Å². The molecule has 11 heteroatoms. The monoisotopic (exact) mass is 557 g/mol. The molecule has 0 aromatic heterocycles. The molecule has 3 amide bonds. The second-order valence-electron chi connectivity index (χ2n) is 10.9. The lowest BCUT2D eigenvalue weighted by atomic mass is 9.82. The Balaban J connectivity index is 1.66. The minimum Gasteiger partial charge on any atom is -0.395 e. The van der Waals surface area contributed by atoms with Gasteiger partial charge in [0, 0.05) is 41.5 Å². The summed E-state index contributed by atoms with van der Waals surface area (Å²) in [5, 5.41) is 24.6. The van der Waals surface area contributed by atoms with Gasteiger partial charge in [0.1, 0.15) is 6.10 Å². The Labute approximate surface area is 228 Å². The number of nitrogens with one attached hydrogen (secondary N) is 2. The molecular weight excluding hydrogens is 521 g/mol. The Kier molecular flexibility index (Phi) is 8.27. The normalized spacial score (nSPS) is 24.8. The van der Waals surface area contributed by atoms with E-state index in [1.165, 1.54) is 11.8 Å². The molecule has 39 heavy (non-hydrogen) atoms. The standard InChI is InChI=1S/C28H36FN3O6Si/c1-17-25(39(3,4)29)23(15-24(35)32(12-13-33)16-19-8-6-5-7-9-19)38-28(17)21-14-20(30-26(36)18(2)34)10-11-22(21)31-27(28)37/h5-11,14,17-18,23,25,33-34H,12-13,15-16H2,1-4H3,(H,30,36)(H,31,37)/t17-,18+,23+,25-,28+/m1/s1. The van der Waals surface area contributed by atoms with Crippen molar-refractivity contribution in [1.29, 1.82) is 0 Å². The third-order valence-corrected chi connectivity index (χ3v) is 10.1. The number of ether oxygens (including phenoxy) is 1. The van der Waals surface area contributed by atoms with E-state index in [9.17, 15) is 24.6 Å². The second kappa shape index (κ2) is 11.2. The number of rotatable bonds is 9. The predicted octanol–water partition coefficient (Wildman–Crippen LogP) is 3.14. The maximum atomic E-state index is 15.9. The van der Waals surface area contributed by atoms with Crippen LogP contribution in [0.25, 0.3) is 0 Å². The predicted molar refractivity (Wildman–Crippen MR) is 147 cm³/mol. The molecular formula is C28H36FN3O6Si. The summed E-state index contributed by atoms with van der Waals surface area (Å²) in [7, 11) is -3.47. The first-order valence-electron chi connectivity index (χ1n) is 13.1. The number of benzene rings is 2. The quantitative estimate of drug-likeness (QED) is 0.277. The third-order valence-electron chi connectivity index (χ3n) is 7.68. The smallest absolute Gasteiger partial charge is 0.261 e. The van der Waals surface area contributed by atoms with E-state index in [4.69, 9.17) is 4.74 Å². The van der Waals surface area contributed by atoms with E-state index in [-0.39, 0.29) is 32.0 Å². The molecule has 2 aromatic carbocycles. The molecule has 0 bridgehead atoms. The van der Waals surface area contributed by atoms with E-state index >= 15 is 4.11 Å². The van der Waals surface area contributed by atoms with Crippen LogP contribution in [0, 0.1) is 5.92 Å². The fraction of sp³-hybridized carbons (Fsp3) is 0.464. The molecule has 4 rings (SSSR count). The number of fused-ring (bicyclic) bond motifs is 2. The molecule has 0 radical (unpaired) electrons. The second-order valence-corrected chi connectivity index (χ2v) is 14.7. The zero-order chi connectivity index (χ0) is 28.5. The molecule has 1 fully saturated rings. The van der Waals surface area contributed by atoms with Crippen molar-refractivity contribution >= 4 is 37.5 Å². The van der Waals surface area contributed by atoms with E-state index in [1.54, 1.807) is 38.2 Å². The minimum atomic E-state index is -3.47. The van der Waals surface area contributed by atoms with Crippen molar-refractivity contribution in [2.45, 2.75) is 63.3 Å². The van der Waals surface area contributed by atoms with Gasteiger partial charge in [0.25, 0.3) is 11.8 Å². The molecule has 210 valence electrons. The fourth-order valence-electron chi connectivity index (χ4n) is 5.91. The van der Waals surface area contributed by atoms with Crippen LogP contribution in [0.15, 0.2) is 48.5 Å². The van der Waals surface area contributed by atoms with Gasteiger partial charge in [-0.15, -0.1) is 0 Å². The van der Waals surface area contributed by atoms with E-state index in [0.29, 0.717) is 16.9 Å². The van der Waals surface area contributed by atoms with Crippen LogP contribution in [0.1, 0.15) is 31.4 Å². The van der Waals surface area contributed by atoms with Crippen molar-refractivity contribution < 1.29 is 33.4 Å². The van der Waals surface area contributed by atoms with Crippen LogP contribution < -0.4 is 10.6 Å². The van der Waals surface area contributed by atoms with Gasteiger partial charge in [-0.1, -0.05) is 37.3 Å². The molecule has 1 spiro atoms. The zero-order valence-electron chi connectivity index (χ0n) is 22.6. The number of hydrogen-bond acceptors (Lipinski definition) is 6. The number of anilines is 2. The van der Waals surface area contributed by atoms with Gasteiger partial charge >= 0.3 is 0 Å². The van der Waals surface area contributed by atoms with Gasteiger partial charge in [0.15, 0.2) is 5.60 Å². The van der Waals surface area contributed by atoms with Gasteiger partial charge in [-0.3, -0.25) is 14.4 Å². The summed E-state index contributed by atoms with van der Waals surface area (Å²) in [4.78, 5) is 40.6. The van der Waals surface area contributed by atoms with Crippen LogP contribution in [0.2, 0.25) is 18.6 Å². The Morgan fingerprint density at radius 1 is 1.23 bits per heavy atom. The highest BCUT2D eigenvalue weighted by Gasteiger charge is 2.65. The molecule has 9 nitrogen and oxygen atoms in total. The number of aliphatic hydroxyl groups is 2. The van der Waals surface area contributed by atoms with Crippen LogP contribution in [-0.4, -0.2) is 66.6 Å². The van der Waals surface area contributed by atoms with Crippen molar-refractivity contribution in [3.63, 3.8) is 0 Å². The number of aliphatic hydroxyl groups excluding tert-OH is 2. The summed E-state index contributed by atoms with van der Waals surface area (Å²) in [6, 6.07) is 14.2. The van der Waals surface area contributed by atoms with Gasteiger partial charge in [-0.2, -0.15) is 0 Å². The minimum absolute atomic E-state index is 0.109. The molecule has 0 saturated carbocycles. The molecule has 0 unspecified atom stereocenters. The maximum Gasteiger partial charge on any atom is 0.261 e. The van der Waals surface area contributed by atoms with Crippen molar-refractivity contribution in [2.24, 2.45) is 5.92 Å². The molecule has 2 aromatic rings. The van der Waals surface area contributed by atoms with Crippen molar-refractivity contribution in [1.82, 2.24) is 4.90 Å². The van der Waals surface area contributed by atoms with Crippen molar-refractivity contribution in [2.75, 3.05) is 23.8 Å². The highest BCUT2D eigenvalue weighted by molar-refractivity contribution is 6.72. The van der Waals surface area contributed by atoms with Gasteiger partial charge in [0.2, 0.25) is 14.3 Å². The van der Waals surface area contributed by atoms with Crippen molar-refractivity contribution in [3.8, 4) is 0 Å². The van der Waals surface area contributed by atoms with Gasteiger partial charge in [-0.05, 0) is 43.8 Å². The first-order chi connectivity index (χ1) is 18.4. The van der Waals surface area contributed by atoms with Crippen LogP contribution in [0.5, 0.6) is 0 Å². The molecule has 2 heterocycles. The Hall–Kier alpha value is -3.12. The Morgan fingerprint density at radius 2 is 1.92 bits per heavy atom. The Morgan fingerprint density at radius 3 is 2.54 bits per heavy atom. The van der Waals surface area contributed by atoms with E-state index in [0.717, 1.165) is 5.56 Å². The van der Waals surface area contributed by atoms with E-state index < -0.39 is 49.5 Å². The summed E-state index contributed by atoms with van der Waals surface area (Å²) in [5.41, 5.74) is -0.0366. The van der Waals surface area contributed by atoms with Gasteiger partial charge in [-0.25, -0.2) is 0 Å². The number of carbonyl (C=O) groups is 3. The molecule has 2 aliphatic rings. The van der Waals surface area contributed by atoms with E-state index in [1.807, 2.05) is 30.3 Å². The summed E-state index contributed by atoms with van der Waals surface area (Å²) >= 11 is 0. The SMILES string of the molecule is C[C@H](O)C(=O)Nc1ccc2c(c1)[C@]1(O[C@@H](CC(=O)N(CCO)Cc3ccccc3)[C@H]([Si](C)(C)F)[C@H]1C)C(=O)N2. The number of carbonyl (C=O) groups excluding carboxylic acids is 3. The van der Waals surface area contributed by atoms with E-state index in [2.05, 4.69) is 10.6 Å². The van der Waals surface area contributed by atoms with Gasteiger partial charge in [0.05, 0.1) is 19.1 Å². The first kappa shape index (κ1) is 28.9. The maximum absolute atomic E-state index is 15.9. The number of nitrogens with zero attached hydrogens (tertiary/aromatic N) is 1. The first-order valence-corrected chi connectivity index (χ1v) is 16.1. The Bertz CT molecular complexity index is 1240. The summed E-state index contributed by atoms with van der Waals surface area (Å²) in [6.07, 6.45) is -2.25. The van der Waals surface area contributed by atoms with Crippen LogP contribution >= 0.6 is 0 Å². The third kappa shape index (κ3) is 5.62. The highest BCUT2D eigenvalue weighted by atomic mass is 28.4. The number of amides is 3. The lowest BCUT2D eigenvalue weighted by Gasteiger charge is -2.31. The summed E-state index contributed by atoms with van der Waals surface area (Å²) in [5.74, 6) is -1.96. The molecule has 1 saturated heterocycles. The zero-order valence-corrected chi connectivity index (χ0v) is 23.6. The average Bonchev–Trinajstić information content (AvgIpc) is 3.32. The van der Waals surface area contributed by atoms with Crippen LogP contribution in [0.3, 0.4) is 0 Å². The van der Waals surface area contributed by atoms with Crippen LogP contribution in [-0.2, 0) is 31.3 Å². The summed E-state index contributed by atoms with van der Waals surface area (Å²) < 4.78 is 22.4. The van der Waals surface area contributed by atoms with Crippen LogP contribution in [0.4, 0.5) is 15.5 Å².